The Morgan fingerprint density at radius 2 is 1.86 bits per heavy atom. The molecule has 1 fully saturated rings. The van der Waals surface area contributed by atoms with Gasteiger partial charge in [-0.05, 0) is 30.3 Å². The van der Waals surface area contributed by atoms with Crippen molar-refractivity contribution in [2.45, 2.75) is 4.90 Å². The van der Waals surface area contributed by atoms with E-state index in [-0.39, 0.29) is 9.77 Å². The van der Waals surface area contributed by atoms with Crippen LogP contribution in [0.3, 0.4) is 0 Å². The second-order valence-electron chi connectivity index (χ2n) is 6.28. The van der Waals surface area contributed by atoms with Crippen LogP contribution in [0.25, 0.3) is 5.69 Å². The monoisotopic (exact) mass is 434 g/mol. The van der Waals surface area contributed by atoms with Gasteiger partial charge in [0.1, 0.15) is 4.88 Å². The second kappa shape index (κ2) is 7.91. The number of aromatic nitrogens is 3. The maximum atomic E-state index is 13.0. The number of sulfonamides is 1. The van der Waals surface area contributed by atoms with Crippen molar-refractivity contribution in [2.75, 3.05) is 31.1 Å². The van der Waals surface area contributed by atoms with Crippen LogP contribution in [-0.4, -0.2) is 64.8 Å². The molecule has 12 heteroatoms. The van der Waals surface area contributed by atoms with Gasteiger partial charge in [-0.3, -0.25) is 10.0 Å². The molecule has 0 radical (unpaired) electrons. The molecule has 4 rings (SSSR count). The van der Waals surface area contributed by atoms with Gasteiger partial charge in [-0.15, -0.1) is 0 Å². The molecule has 0 atom stereocenters. The molecule has 29 heavy (non-hydrogen) atoms. The predicted molar refractivity (Wildman–Crippen MR) is 106 cm³/mol. The highest BCUT2D eigenvalue weighted by Crippen LogP contribution is 2.25. The summed E-state index contributed by atoms with van der Waals surface area (Å²) in [7, 11) is -3.60. The van der Waals surface area contributed by atoms with E-state index in [9.17, 15) is 13.2 Å². The van der Waals surface area contributed by atoms with E-state index in [4.69, 9.17) is 5.21 Å². The van der Waals surface area contributed by atoms with Crippen molar-refractivity contribution in [3.8, 4) is 5.69 Å². The van der Waals surface area contributed by atoms with E-state index in [2.05, 4.69) is 10.1 Å². The standard InChI is InChI=1S/C17H18N6O4S2/c24-16(20-25)15-12-18-17(28-15)21-8-10-22(11-9-21)29(26,27)14-4-2-13(3-5-14)23-7-1-6-19-23/h1-7,12,25H,8-11H2,(H,20,24). The number of carbonyl (C=O) groups is 1. The summed E-state index contributed by atoms with van der Waals surface area (Å²) in [6, 6.07) is 8.41. The maximum Gasteiger partial charge on any atom is 0.286 e. The molecule has 1 aliphatic heterocycles. The summed E-state index contributed by atoms with van der Waals surface area (Å²) in [5.41, 5.74) is 2.36. The minimum atomic E-state index is -3.60. The second-order valence-corrected chi connectivity index (χ2v) is 9.23. The first-order valence-corrected chi connectivity index (χ1v) is 11.0. The summed E-state index contributed by atoms with van der Waals surface area (Å²) in [5.74, 6) is -0.617. The molecule has 3 aromatic rings. The molecular weight excluding hydrogens is 416 g/mol. The molecule has 1 saturated heterocycles. The number of nitrogens with one attached hydrogen (secondary N) is 1. The fraction of sp³-hybridized carbons (Fsp3) is 0.235. The molecule has 2 N–H and O–H groups in total. The zero-order chi connectivity index (χ0) is 20.4. The minimum absolute atomic E-state index is 0.234. The molecule has 1 aromatic carbocycles. The minimum Gasteiger partial charge on any atom is -0.345 e. The van der Waals surface area contributed by atoms with E-state index in [1.807, 2.05) is 4.90 Å². The molecule has 10 nitrogen and oxygen atoms in total. The lowest BCUT2D eigenvalue weighted by atomic mass is 10.3. The quantitative estimate of drug-likeness (QED) is 0.453. The zero-order valence-corrected chi connectivity index (χ0v) is 16.8. The molecule has 0 saturated carbocycles. The first-order valence-electron chi connectivity index (χ1n) is 8.74. The third-order valence-corrected chi connectivity index (χ3v) is 7.54. The fourth-order valence-corrected chi connectivity index (χ4v) is 5.31. The van der Waals surface area contributed by atoms with Crippen molar-refractivity contribution in [3.63, 3.8) is 0 Å². The number of hydrogen-bond acceptors (Lipinski definition) is 8. The van der Waals surface area contributed by atoms with Crippen LogP contribution in [0.5, 0.6) is 0 Å². The van der Waals surface area contributed by atoms with Crippen molar-refractivity contribution in [1.82, 2.24) is 24.5 Å². The number of hydrogen-bond donors (Lipinski definition) is 2. The lowest BCUT2D eigenvalue weighted by Gasteiger charge is -2.33. The van der Waals surface area contributed by atoms with Gasteiger partial charge in [0.05, 0.1) is 16.8 Å². The van der Waals surface area contributed by atoms with Crippen molar-refractivity contribution < 1.29 is 18.4 Å². The van der Waals surface area contributed by atoms with Gasteiger partial charge >= 0.3 is 0 Å². The fourth-order valence-electron chi connectivity index (χ4n) is 3.03. The average Bonchev–Trinajstić information content (AvgIpc) is 3.46. The van der Waals surface area contributed by atoms with Crippen molar-refractivity contribution in [1.29, 1.82) is 0 Å². The van der Waals surface area contributed by atoms with Crippen molar-refractivity contribution in [3.05, 3.63) is 53.8 Å². The molecule has 0 bridgehead atoms. The van der Waals surface area contributed by atoms with Gasteiger partial charge in [-0.25, -0.2) is 23.6 Å². The van der Waals surface area contributed by atoms with Gasteiger partial charge < -0.3 is 4.90 Å². The number of benzene rings is 1. The predicted octanol–water partition coefficient (Wildman–Crippen LogP) is 0.959. The van der Waals surface area contributed by atoms with Crippen LogP contribution < -0.4 is 10.4 Å². The van der Waals surface area contributed by atoms with Crippen LogP contribution >= 0.6 is 11.3 Å². The summed E-state index contributed by atoms with van der Waals surface area (Å²) in [6.45, 7) is 1.53. The van der Waals surface area contributed by atoms with Gasteiger partial charge in [0, 0.05) is 38.6 Å². The topological polar surface area (TPSA) is 121 Å². The molecule has 152 valence electrons. The Hall–Kier alpha value is -2.80. The number of amides is 1. The van der Waals surface area contributed by atoms with E-state index >= 15 is 0 Å². The number of nitrogens with zero attached hydrogens (tertiary/aromatic N) is 5. The van der Waals surface area contributed by atoms with Crippen molar-refractivity contribution in [2.24, 2.45) is 0 Å². The zero-order valence-electron chi connectivity index (χ0n) is 15.2. The van der Waals surface area contributed by atoms with E-state index in [0.717, 1.165) is 17.0 Å². The first kappa shape index (κ1) is 19.5. The van der Waals surface area contributed by atoms with Gasteiger partial charge in [-0.1, -0.05) is 11.3 Å². The Labute approximate surface area is 171 Å². The SMILES string of the molecule is O=C(NO)c1cnc(N2CCN(S(=O)(=O)c3ccc(-n4cccn4)cc3)CC2)s1. The third-order valence-electron chi connectivity index (χ3n) is 4.57. The number of rotatable bonds is 5. The number of hydroxylamine groups is 1. The Bertz CT molecular complexity index is 1090. The van der Waals surface area contributed by atoms with Crippen molar-refractivity contribution >= 4 is 32.4 Å². The molecular formula is C17H18N6O4S2. The van der Waals surface area contributed by atoms with Crippen LogP contribution in [0.1, 0.15) is 9.67 Å². The third kappa shape index (κ3) is 3.87. The number of piperazine rings is 1. The Morgan fingerprint density at radius 1 is 1.14 bits per heavy atom. The molecule has 2 aromatic heterocycles. The van der Waals surface area contributed by atoms with Gasteiger partial charge in [0.2, 0.25) is 10.0 Å². The highest BCUT2D eigenvalue weighted by atomic mass is 32.2. The van der Waals surface area contributed by atoms with E-state index < -0.39 is 15.9 Å². The van der Waals surface area contributed by atoms with Gasteiger partial charge in [0.15, 0.2) is 5.13 Å². The summed E-state index contributed by atoms with van der Waals surface area (Å²) in [5, 5.41) is 13.4. The van der Waals surface area contributed by atoms with E-state index in [1.54, 1.807) is 52.9 Å². The van der Waals surface area contributed by atoms with Gasteiger partial charge in [0.25, 0.3) is 5.91 Å². The first-order chi connectivity index (χ1) is 14.0. The van der Waals surface area contributed by atoms with Crippen LogP contribution in [0.15, 0.2) is 53.8 Å². The smallest absolute Gasteiger partial charge is 0.286 e. The number of carbonyl (C=O) groups excluding carboxylic acids is 1. The molecule has 1 aliphatic rings. The highest BCUT2D eigenvalue weighted by Gasteiger charge is 2.29. The molecule has 1 amide bonds. The normalized spacial score (nSPS) is 15.4. The number of thiazole rings is 1. The molecule has 0 unspecified atom stereocenters. The largest absolute Gasteiger partial charge is 0.345 e. The number of anilines is 1. The average molecular weight is 435 g/mol. The van der Waals surface area contributed by atoms with Crippen LogP contribution in [0, 0.1) is 0 Å². The van der Waals surface area contributed by atoms with Crippen LogP contribution in [0.4, 0.5) is 5.13 Å². The molecule has 3 heterocycles. The Balaban J connectivity index is 1.43. The lowest BCUT2D eigenvalue weighted by molar-refractivity contribution is 0.0710. The highest BCUT2D eigenvalue weighted by molar-refractivity contribution is 7.89. The summed E-state index contributed by atoms with van der Waals surface area (Å²) in [6.07, 6.45) is 4.83. The lowest BCUT2D eigenvalue weighted by Crippen LogP contribution is -2.48. The summed E-state index contributed by atoms with van der Waals surface area (Å²) >= 11 is 1.14. The van der Waals surface area contributed by atoms with Crippen LogP contribution in [-0.2, 0) is 10.0 Å². The van der Waals surface area contributed by atoms with Crippen LogP contribution in [0.2, 0.25) is 0 Å². The van der Waals surface area contributed by atoms with E-state index in [0.29, 0.717) is 31.3 Å². The summed E-state index contributed by atoms with van der Waals surface area (Å²) < 4.78 is 29.0. The van der Waals surface area contributed by atoms with E-state index in [1.165, 1.54) is 10.5 Å². The molecule has 0 spiro atoms. The molecule has 0 aliphatic carbocycles. The maximum absolute atomic E-state index is 13.0. The summed E-state index contributed by atoms with van der Waals surface area (Å²) in [4.78, 5) is 18.1. The Morgan fingerprint density at radius 3 is 2.48 bits per heavy atom. The Kier molecular flexibility index (Phi) is 5.32. The van der Waals surface area contributed by atoms with Gasteiger partial charge in [-0.2, -0.15) is 9.40 Å².